The van der Waals surface area contributed by atoms with Crippen molar-refractivity contribution in [3.05, 3.63) is 108 Å². The van der Waals surface area contributed by atoms with Gasteiger partial charge in [0.15, 0.2) is 0 Å². The van der Waals surface area contributed by atoms with Crippen molar-refractivity contribution in [3.63, 3.8) is 0 Å². The highest BCUT2D eigenvalue weighted by Crippen LogP contribution is 2.23. The highest BCUT2D eigenvalue weighted by Gasteiger charge is 2.19. The summed E-state index contributed by atoms with van der Waals surface area (Å²) in [6.45, 7) is 1.76. The number of hydrogen-bond acceptors (Lipinski definition) is 6. The molecule has 1 amide bonds. The Kier molecular flexibility index (Phi) is 7.05. The molecule has 0 saturated heterocycles. The Morgan fingerprint density at radius 3 is 2.24 bits per heavy atom. The predicted octanol–water partition coefficient (Wildman–Crippen LogP) is 5.50. The number of carbonyl (C=O) groups is 1. The van der Waals surface area contributed by atoms with Gasteiger partial charge in [0.25, 0.3) is 15.9 Å². The first kappa shape index (κ1) is 23.2. The molecule has 0 radical (unpaired) electrons. The minimum Gasteiger partial charge on any atom is -0.457 e. The molecule has 1 aromatic heterocycles. The van der Waals surface area contributed by atoms with Crippen molar-refractivity contribution in [2.45, 2.75) is 11.1 Å². The lowest BCUT2D eigenvalue weighted by Gasteiger charge is -2.11. The van der Waals surface area contributed by atoms with Crippen molar-refractivity contribution in [1.82, 2.24) is 5.43 Å². The third-order valence-corrected chi connectivity index (χ3v) is 7.52. The van der Waals surface area contributed by atoms with Gasteiger partial charge >= 0.3 is 0 Å². The molecule has 4 rings (SSSR count). The summed E-state index contributed by atoms with van der Waals surface area (Å²) in [7, 11) is -3.79. The molecule has 34 heavy (non-hydrogen) atoms. The first-order chi connectivity index (χ1) is 16.4. The Labute approximate surface area is 201 Å². The molecule has 4 aromatic rings. The summed E-state index contributed by atoms with van der Waals surface area (Å²) < 4.78 is 33.5. The lowest BCUT2D eigenvalue weighted by atomic mass is 10.1. The van der Waals surface area contributed by atoms with Crippen molar-refractivity contribution in [2.75, 3.05) is 4.72 Å². The Morgan fingerprint density at radius 1 is 0.853 bits per heavy atom. The summed E-state index contributed by atoms with van der Waals surface area (Å²) in [5.41, 5.74) is 4.20. The molecular weight excluding hydrogens is 470 g/mol. The molecule has 9 heteroatoms. The zero-order chi connectivity index (χ0) is 24.0. The van der Waals surface area contributed by atoms with Gasteiger partial charge in [-0.15, -0.1) is 11.3 Å². The monoisotopic (exact) mass is 491 g/mol. The molecule has 0 aliphatic rings. The number of para-hydroxylation sites is 2. The molecule has 172 valence electrons. The largest absolute Gasteiger partial charge is 0.457 e. The first-order valence-electron chi connectivity index (χ1n) is 10.3. The van der Waals surface area contributed by atoms with Gasteiger partial charge in [0.2, 0.25) is 0 Å². The van der Waals surface area contributed by atoms with Crippen LogP contribution in [-0.2, 0) is 10.0 Å². The van der Waals surface area contributed by atoms with Crippen LogP contribution in [0.5, 0.6) is 11.5 Å². The average molecular weight is 492 g/mol. The molecule has 0 aliphatic heterocycles. The topological polar surface area (TPSA) is 96.9 Å². The fraction of sp³-hybridized carbons (Fsp3) is 0.0400. The number of anilines is 1. The van der Waals surface area contributed by atoms with Gasteiger partial charge in [0, 0.05) is 0 Å². The van der Waals surface area contributed by atoms with Crippen LogP contribution in [0.2, 0.25) is 0 Å². The van der Waals surface area contributed by atoms with Crippen LogP contribution in [0, 0.1) is 0 Å². The number of thiophene rings is 1. The maximum Gasteiger partial charge on any atom is 0.273 e. The minimum atomic E-state index is -3.79. The van der Waals surface area contributed by atoms with Crippen LogP contribution in [0.15, 0.2) is 106 Å². The van der Waals surface area contributed by atoms with E-state index in [2.05, 4.69) is 15.2 Å². The average Bonchev–Trinajstić information content (AvgIpc) is 3.40. The Balaban J connectivity index is 1.44. The summed E-state index contributed by atoms with van der Waals surface area (Å²) in [5, 5.41) is 5.84. The second kappa shape index (κ2) is 10.3. The summed E-state index contributed by atoms with van der Waals surface area (Å²) in [4.78, 5) is 12.8. The van der Waals surface area contributed by atoms with E-state index < -0.39 is 15.9 Å². The summed E-state index contributed by atoms with van der Waals surface area (Å²) in [6, 6.07) is 26.3. The van der Waals surface area contributed by atoms with Gasteiger partial charge in [-0.2, -0.15) is 5.10 Å². The van der Waals surface area contributed by atoms with E-state index in [9.17, 15) is 13.2 Å². The second-order valence-electron chi connectivity index (χ2n) is 7.16. The van der Waals surface area contributed by atoms with Crippen LogP contribution in [-0.4, -0.2) is 20.0 Å². The van der Waals surface area contributed by atoms with Crippen LogP contribution >= 0.6 is 11.3 Å². The highest BCUT2D eigenvalue weighted by atomic mass is 32.2. The van der Waals surface area contributed by atoms with Crippen LogP contribution in [0.25, 0.3) is 0 Å². The van der Waals surface area contributed by atoms with Gasteiger partial charge in [0.1, 0.15) is 15.7 Å². The fourth-order valence-corrected chi connectivity index (χ4v) is 5.10. The van der Waals surface area contributed by atoms with Crippen molar-refractivity contribution in [3.8, 4) is 11.5 Å². The van der Waals surface area contributed by atoms with Crippen LogP contribution < -0.4 is 14.9 Å². The van der Waals surface area contributed by atoms with E-state index in [0.29, 0.717) is 11.5 Å². The van der Waals surface area contributed by atoms with Crippen LogP contribution in [0.1, 0.15) is 22.8 Å². The molecule has 0 bridgehead atoms. The molecule has 0 fully saturated rings. The third-order valence-electron chi connectivity index (χ3n) is 4.75. The SMILES string of the molecule is CC(=NNC(=O)c1ccccc1NS(=O)(=O)c1cccs1)c1ccc(Oc2ccccc2)cc1. The minimum absolute atomic E-state index is 0.158. The normalized spacial score (nSPS) is 11.6. The van der Waals surface area contributed by atoms with E-state index in [1.807, 2.05) is 54.6 Å². The van der Waals surface area contributed by atoms with Gasteiger partial charge in [-0.05, 0) is 72.5 Å². The number of sulfonamides is 1. The highest BCUT2D eigenvalue weighted by molar-refractivity contribution is 7.94. The molecule has 7 nitrogen and oxygen atoms in total. The Morgan fingerprint density at radius 2 is 1.53 bits per heavy atom. The third kappa shape index (κ3) is 5.69. The number of amides is 1. The summed E-state index contributed by atoms with van der Waals surface area (Å²) in [5.74, 6) is 0.882. The van der Waals surface area contributed by atoms with Gasteiger partial charge in [-0.25, -0.2) is 13.8 Å². The van der Waals surface area contributed by atoms with E-state index in [0.717, 1.165) is 22.6 Å². The predicted molar refractivity (Wildman–Crippen MR) is 134 cm³/mol. The molecule has 2 N–H and O–H groups in total. The number of carbonyl (C=O) groups excluding carboxylic acids is 1. The lowest BCUT2D eigenvalue weighted by molar-refractivity contribution is 0.0955. The van der Waals surface area contributed by atoms with E-state index >= 15 is 0 Å². The first-order valence-corrected chi connectivity index (χ1v) is 12.6. The van der Waals surface area contributed by atoms with Crippen molar-refractivity contribution in [1.29, 1.82) is 0 Å². The molecule has 0 unspecified atom stereocenters. The Hall–Kier alpha value is -3.95. The number of hydrazone groups is 1. The van der Waals surface area contributed by atoms with Crippen LogP contribution in [0.3, 0.4) is 0 Å². The second-order valence-corrected chi connectivity index (χ2v) is 10.0. The molecule has 0 atom stereocenters. The zero-order valence-corrected chi connectivity index (χ0v) is 19.8. The zero-order valence-electron chi connectivity index (χ0n) is 18.1. The quantitative estimate of drug-likeness (QED) is 0.251. The maximum atomic E-state index is 12.8. The molecule has 0 aliphatic carbocycles. The fourth-order valence-electron chi connectivity index (χ4n) is 3.03. The van der Waals surface area contributed by atoms with Crippen molar-refractivity contribution in [2.24, 2.45) is 5.10 Å². The van der Waals surface area contributed by atoms with E-state index in [4.69, 9.17) is 4.74 Å². The van der Waals surface area contributed by atoms with Gasteiger partial charge in [-0.1, -0.05) is 36.4 Å². The van der Waals surface area contributed by atoms with E-state index in [1.165, 1.54) is 18.2 Å². The van der Waals surface area contributed by atoms with Crippen molar-refractivity contribution < 1.29 is 17.9 Å². The lowest BCUT2D eigenvalue weighted by Crippen LogP contribution is -2.22. The molecular formula is C25H21N3O4S2. The maximum absolute atomic E-state index is 12.8. The van der Waals surface area contributed by atoms with Crippen LogP contribution in [0.4, 0.5) is 5.69 Å². The number of hydrogen-bond donors (Lipinski definition) is 2. The number of nitrogens with zero attached hydrogens (tertiary/aromatic N) is 1. The molecule has 3 aromatic carbocycles. The summed E-state index contributed by atoms with van der Waals surface area (Å²) in [6.07, 6.45) is 0. The van der Waals surface area contributed by atoms with E-state index in [1.54, 1.807) is 30.5 Å². The standard InChI is InChI=1S/C25H21N3O4S2/c1-18(19-13-15-21(16-14-19)32-20-8-3-2-4-9-20)26-27-25(29)22-10-5-6-11-23(22)28-34(30,31)24-12-7-17-33-24/h2-17,28H,1H3,(H,27,29). The number of ether oxygens (including phenoxy) is 1. The number of benzene rings is 3. The number of rotatable bonds is 8. The molecule has 0 saturated carbocycles. The van der Waals surface area contributed by atoms with Gasteiger partial charge < -0.3 is 4.74 Å². The van der Waals surface area contributed by atoms with Gasteiger partial charge in [0.05, 0.1) is 17.0 Å². The van der Waals surface area contributed by atoms with E-state index in [-0.39, 0.29) is 15.5 Å². The van der Waals surface area contributed by atoms with Crippen molar-refractivity contribution >= 4 is 38.7 Å². The van der Waals surface area contributed by atoms with Gasteiger partial charge in [-0.3, -0.25) is 9.52 Å². The molecule has 1 heterocycles. The molecule has 0 spiro atoms. The summed E-state index contributed by atoms with van der Waals surface area (Å²) >= 11 is 1.09. The Bertz CT molecular complexity index is 1400. The number of nitrogens with one attached hydrogen (secondary N) is 2. The smallest absolute Gasteiger partial charge is 0.273 e.